The van der Waals surface area contributed by atoms with E-state index in [2.05, 4.69) is 5.10 Å². The van der Waals surface area contributed by atoms with Crippen LogP contribution in [0.5, 0.6) is 0 Å². The highest BCUT2D eigenvalue weighted by Gasteiger charge is 2.47. The second kappa shape index (κ2) is 5.74. The number of hydrogen-bond acceptors (Lipinski definition) is 3. The number of rotatable bonds is 3. The van der Waals surface area contributed by atoms with Crippen LogP contribution in [-0.4, -0.2) is 43.7 Å². The molecule has 0 bridgehead atoms. The van der Waals surface area contributed by atoms with E-state index in [1.807, 2.05) is 19.9 Å². The molecule has 1 aromatic rings. The van der Waals surface area contributed by atoms with Crippen molar-refractivity contribution in [3.05, 3.63) is 17.5 Å². The molecular formula is C16H23N3O3. The average Bonchev–Trinajstić information content (AvgIpc) is 2.99. The number of nitrogens with zero attached hydrogens (tertiary/aromatic N) is 3. The Morgan fingerprint density at radius 1 is 1.32 bits per heavy atom. The molecule has 0 unspecified atom stereocenters. The summed E-state index contributed by atoms with van der Waals surface area (Å²) < 4.78 is 1.67. The molecule has 3 rings (SSSR count). The molecule has 2 heterocycles. The van der Waals surface area contributed by atoms with Gasteiger partial charge in [-0.25, -0.2) is 4.79 Å². The lowest BCUT2D eigenvalue weighted by Gasteiger charge is -2.33. The average molecular weight is 305 g/mol. The maximum absolute atomic E-state index is 12.7. The fraction of sp³-hybridized carbons (Fsp3) is 0.688. The Morgan fingerprint density at radius 3 is 2.68 bits per heavy atom. The summed E-state index contributed by atoms with van der Waals surface area (Å²) in [4.78, 5) is 26.0. The highest BCUT2D eigenvalue weighted by Crippen LogP contribution is 2.39. The topological polar surface area (TPSA) is 75.4 Å². The van der Waals surface area contributed by atoms with Crippen molar-refractivity contribution in [3.63, 3.8) is 0 Å². The number of carbonyl (C=O) groups excluding carboxylic acids is 1. The van der Waals surface area contributed by atoms with Crippen molar-refractivity contribution in [3.8, 4) is 0 Å². The molecule has 1 saturated heterocycles. The molecule has 22 heavy (non-hydrogen) atoms. The van der Waals surface area contributed by atoms with Gasteiger partial charge in [0.25, 0.3) is 0 Å². The number of aromatic nitrogens is 2. The number of carboxylic acids is 1. The standard InChI is InChI=1S/C16H23N3O3/c1-10-7-11(2)18(17-10)9-15(20)19-13-6-4-3-5-12(13)8-14(19)16(21)22/h7,12-14H,3-6,8-9H2,1-2H3,(H,21,22)/t12-,13-,14-/m0/s1. The van der Waals surface area contributed by atoms with Crippen LogP contribution in [0, 0.1) is 19.8 Å². The number of amides is 1. The van der Waals surface area contributed by atoms with E-state index < -0.39 is 12.0 Å². The lowest BCUT2D eigenvalue weighted by Crippen LogP contribution is -2.47. The lowest BCUT2D eigenvalue weighted by molar-refractivity contribution is -0.150. The zero-order valence-electron chi connectivity index (χ0n) is 13.2. The molecule has 0 radical (unpaired) electrons. The van der Waals surface area contributed by atoms with Crippen molar-refractivity contribution in [2.75, 3.05) is 0 Å². The molecule has 1 aromatic heterocycles. The maximum atomic E-state index is 12.7. The van der Waals surface area contributed by atoms with E-state index in [4.69, 9.17) is 0 Å². The van der Waals surface area contributed by atoms with Crippen LogP contribution in [0.25, 0.3) is 0 Å². The van der Waals surface area contributed by atoms with Gasteiger partial charge in [-0.15, -0.1) is 0 Å². The van der Waals surface area contributed by atoms with E-state index >= 15 is 0 Å². The van der Waals surface area contributed by atoms with Crippen molar-refractivity contribution in [2.45, 2.75) is 64.6 Å². The zero-order chi connectivity index (χ0) is 15.9. The summed E-state index contributed by atoms with van der Waals surface area (Å²) >= 11 is 0. The van der Waals surface area contributed by atoms with Crippen LogP contribution in [0.15, 0.2) is 6.07 Å². The second-order valence-electron chi connectivity index (χ2n) is 6.59. The number of carboxylic acid groups (broad SMARTS) is 1. The minimum atomic E-state index is -0.879. The van der Waals surface area contributed by atoms with Gasteiger partial charge in [-0.2, -0.15) is 5.10 Å². The molecule has 1 aliphatic heterocycles. The summed E-state index contributed by atoms with van der Waals surface area (Å²) in [5.74, 6) is -0.650. The highest BCUT2D eigenvalue weighted by atomic mass is 16.4. The first-order valence-corrected chi connectivity index (χ1v) is 8.02. The molecule has 6 heteroatoms. The summed E-state index contributed by atoms with van der Waals surface area (Å²) in [5.41, 5.74) is 1.80. The predicted molar refractivity (Wildman–Crippen MR) is 80.3 cm³/mol. The lowest BCUT2D eigenvalue weighted by atomic mass is 9.85. The maximum Gasteiger partial charge on any atom is 0.326 e. The van der Waals surface area contributed by atoms with Crippen molar-refractivity contribution in [1.82, 2.24) is 14.7 Å². The second-order valence-corrected chi connectivity index (χ2v) is 6.59. The van der Waals surface area contributed by atoms with Crippen LogP contribution in [0.2, 0.25) is 0 Å². The van der Waals surface area contributed by atoms with E-state index in [1.165, 1.54) is 0 Å². The highest BCUT2D eigenvalue weighted by molar-refractivity contribution is 5.84. The molecule has 1 aliphatic carbocycles. The van der Waals surface area contributed by atoms with Gasteiger partial charge in [0.15, 0.2) is 0 Å². The predicted octanol–water partition coefficient (Wildman–Crippen LogP) is 1.74. The largest absolute Gasteiger partial charge is 0.480 e. The first-order valence-electron chi connectivity index (χ1n) is 8.02. The Labute approximate surface area is 130 Å². The molecule has 1 amide bonds. The number of aryl methyl sites for hydroxylation is 2. The molecule has 0 aromatic carbocycles. The van der Waals surface area contributed by atoms with Crippen LogP contribution in [0.3, 0.4) is 0 Å². The van der Waals surface area contributed by atoms with E-state index in [-0.39, 0.29) is 18.5 Å². The molecule has 120 valence electrons. The van der Waals surface area contributed by atoms with E-state index in [0.29, 0.717) is 12.3 Å². The zero-order valence-corrected chi connectivity index (χ0v) is 13.2. The minimum absolute atomic E-state index is 0.0966. The van der Waals surface area contributed by atoms with Crippen LogP contribution in [0.1, 0.15) is 43.5 Å². The van der Waals surface area contributed by atoms with Gasteiger partial charge in [0.05, 0.1) is 5.69 Å². The Morgan fingerprint density at radius 2 is 2.05 bits per heavy atom. The summed E-state index contributed by atoms with van der Waals surface area (Å²) in [7, 11) is 0. The van der Waals surface area contributed by atoms with E-state index in [9.17, 15) is 14.7 Å². The van der Waals surface area contributed by atoms with Gasteiger partial charge in [-0.1, -0.05) is 12.8 Å². The first-order chi connectivity index (χ1) is 10.5. The Kier molecular flexibility index (Phi) is 3.93. The fourth-order valence-corrected chi connectivity index (χ4v) is 4.08. The number of likely N-dealkylation sites (tertiary alicyclic amines) is 1. The van der Waals surface area contributed by atoms with Crippen molar-refractivity contribution < 1.29 is 14.7 Å². The molecule has 3 atom stereocenters. The smallest absolute Gasteiger partial charge is 0.326 e. The Balaban J connectivity index is 1.81. The van der Waals surface area contributed by atoms with Crippen LogP contribution >= 0.6 is 0 Å². The van der Waals surface area contributed by atoms with Crippen LogP contribution < -0.4 is 0 Å². The Bertz CT molecular complexity index is 595. The van der Waals surface area contributed by atoms with Gasteiger partial charge < -0.3 is 10.0 Å². The van der Waals surface area contributed by atoms with Gasteiger partial charge in [0.1, 0.15) is 12.6 Å². The summed E-state index contributed by atoms with van der Waals surface area (Å²) in [6, 6.07) is 1.35. The molecule has 2 aliphatic rings. The first kappa shape index (κ1) is 15.1. The molecule has 0 spiro atoms. The van der Waals surface area contributed by atoms with Gasteiger partial charge in [-0.05, 0) is 45.1 Å². The molecule has 1 saturated carbocycles. The van der Waals surface area contributed by atoms with Crippen molar-refractivity contribution in [2.24, 2.45) is 5.92 Å². The third-order valence-electron chi connectivity index (χ3n) is 5.05. The number of hydrogen-bond donors (Lipinski definition) is 1. The summed E-state index contributed by atoms with van der Waals surface area (Å²) in [6.45, 7) is 3.93. The minimum Gasteiger partial charge on any atom is -0.480 e. The monoisotopic (exact) mass is 305 g/mol. The molecular weight excluding hydrogens is 282 g/mol. The molecule has 1 N–H and O–H groups in total. The normalized spacial score (nSPS) is 27.7. The van der Waals surface area contributed by atoms with Gasteiger partial charge >= 0.3 is 5.97 Å². The van der Waals surface area contributed by atoms with E-state index in [1.54, 1.807) is 9.58 Å². The number of fused-ring (bicyclic) bond motifs is 1. The van der Waals surface area contributed by atoms with Crippen molar-refractivity contribution in [1.29, 1.82) is 0 Å². The van der Waals surface area contributed by atoms with Gasteiger partial charge in [0, 0.05) is 11.7 Å². The Hall–Kier alpha value is -1.85. The third-order valence-corrected chi connectivity index (χ3v) is 5.05. The van der Waals surface area contributed by atoms with Gasteiger partial charge in [0.2, 0.25) is 5.91 Å². The third kappa shape index (κ3) is 2.62. The number of carbonyl (C=O) groups is 2. The van der Waals surface area contributed by atoms with E-state index in [0.717, 1.165) is 37.1 Å². The van der Waals surface area contributed by atoms with Crippen LogP contribution in [-0.2, 0) is 16.1 Å². The summed E-state index contributed by atoms with van der Waals surface area (Å²) in [5, 5.41) is 13.8. The van der Waals surface area contributed by atoms with Gasteiger partial charge in [-0.3, -0.25) is 9.48 Å². The summed E-state index contributed by atoms with van der Waals surface area (Å²) in [6.07, 6.45) is 4.79. The molecule has 6 nitrogen and oxygen atoms in total. The van der Waals surface area contributed by atoms with Crippen LogP contribution in [0.4, 0.5) is 0 Å². The number of aliphatic carboxylic acids is 1. The quantitative estimate of drug-likeness (QED) is 0.923. The SMILES string of the molecule is Cc1cc(C)n(CC(=O)N2[C@H](C(=O)O)C[C@@H]3CCCC[C@@H]32)n1. The fourth-order valence-electron chi connectivity index (χ4n) is 4.08. The molecule has 2 fully saturated rings. The van der Waals surface area contributed by atoms with Crippen molar-refractivity contribution >= 4 is 11.9 Å².